The number of hydrogen-bond donors (Lipinski definition) is 1. The van der Waals surface area contributed by atoms with Crippen molar-refractivity contribution in [2.45, 2.75) is 42.4 Å². The number of aromatic nitrogens is 2. The molecule has 0 spiro atoms. The van der Waals surface area contributed by atoms with Crippen molar-refractivity contribution in [2.24, 2.45) is 7.05 Å². The molecule has 1 rings (SSSR count). The average Bonchev–Trinajstić information content (AvgIpc) is 2.63. The van der Waals surface area contributed by atoms with Gasteiger partial charge in [0.25, 0.3) is 0 Å². The average molecular weight is 409 g/mol. The molecule has 0 aromatic carbocycles. The minimum Gasteiger partial charge on any atom is -0.323 e. The molecule has 0 aliphatic carbocycles. The summed E-state index contributed by atoms with van der Waals surface area (Å²) in [6, 6.07) is 0. The smallest absolute Gasteiger partial charge is 0.323 e. The molecule has 12 heteroatoms. The molecule has 1 aromatic heterocycles. The molecule has 0 aliphatic rings. The van der Waals surface area contributed by atoms with Crippen LogP contribution >= 0.6 is 41.1 Å². The van der Waals surface area contributed by atoms with Gasteiger partial charge < -0.3 is 4.89 Å². The number of aryl methyl sites for hydroxylation is 1. The molecule has 0 bridgehead atoms. The minimum absolute atomic E-state index is 0.0337. The first-order valence-corrected chi connectivity index (χ1v) is 12.0. The van der Waals surface area contributed by atoms with E-state index in [2.05, 4.69) is 5.10 Å². The summed E-state index contributed by atoms with van der Waals surface area (Å²) in [4.78, 5) is 9.92. The van der Waals surface area contributed by atoms with Gasteiger partial charge in [0.15, 0.2) is 19.9 Å². The molecule has 1 unspecified atom stereocenters. The lowest BCUT2D eigenvalue weighted by Crippen LogP contribution is -2.18. The van der Waals surface area contributed by atoms with Crippen LogP contribution in [0.15, 0.2) is 10.1 Å². The van der Waals surface area contributed by atoms with E-state index in [4.69, 9.17) is 15.6 Å². The molecule has 0 saturated carbocycles. The van der Waals surface area contributed by atoms with E-state index in [1.165, 1.54) is 7.05 Å². The molecule has 1 atom stereocenters. The molecule has 0 radical (unpaired) electrons. The summed E-state index contributed by atoms with van der Waals surface area (Å²) in [7, 11) is -5.02. The van der Waals surface area contributed by atoms with Crippen LogP contribution in [0.5, 0.6) is 0 Å². The summed E-state index contributed by atoms with van der Waals surface area (Å²) in [6.45, 7) is 5.06. The molecule has 1 heterocycles. The van der Waals surface area contributed by atoms with Crippen LogP contribution in [0.25, 0.3) is 0 Å². The molecule has 0 aliphatic heterocycles. The summed E-state index contributed by atoms with van der Waals surface area (Å²) in [5, 5.41) is 3.14. The van der Waals surface area contributed by atoms with Crippen LogP contribution in [0.4, 0.5) is 0 Å². The van der Waals surface area contributed by atoms with E-state index < -0.39 is 22.6 Å². The standard InChI is InChI=1S/C10H18ClN2O5PS3/c1-6-10(2,3)19(14,15)18-21-20-8-7(11)9(13(4)12-8)22(5,16)17/h6H2,1-5H3,(H,14,15). The van der Waals surface area contributed by atoms with Crippen LogP contribution < -0.4 is 0 Å². The zero-order chi connectivity index (χ0) is 17.3. The van der Waals surface area contributed by atoms with Gasteiger partial charge in [0, 0.05) is 13.3 Å². The third-order valence-corrected chi connectivity index (χ3v) is 9.52. The Bertz CT molecular complexity index is 704. The first kappa shape index (κ1) is 20.3. The van der Waals surface area contributed by atoms with Crippen LogP contribution in [-0.2, 0) is 25.4 Å². The third kappa shape index (κ3) is 4.43. The fourth-order valence-electron chi connectivity index (χ4n) is 1.30. The second kappa shape index (κ2) is 7.04. The van der Waals surface area contributed by atoms with Crippen molar-refractivity contribution < 1.29 is 21.8 Å². The van der Waals surface area contributed by atoms with E-state index in [0.717, 1.165) is 21.7 Å². The van der Waals surface area contributed by atoms with Gasteiger partial charge in [0.1, 0.15) is 5.02 Å². The Hall–Kier alpha value is 0.300. The zero-order valence-electron chi connectivity index (χ0n) is 12.7. The number of nitrogens with zero attached hydrogens (tertiary/aromatic N) is 2. The van der Waals surface area contributed by atoms with E-state index >= 15 is 0 Å². The second-order valence-electron chi connectivity index (χ2n) is 5.23. The van der Waals surface area contributed by atoms with Gasteiger partial charge in [0.2, 0.25) is 0 Å². The van der Waals surface area contributed by atoms with Crippen LogP contribution in [0.3, 0.4) is 0 Å². The van der Waals surface area contributed by atoms with Crippen LogP contribution in [-0.4, -0.2) is 34.5 Å². The molecular formula is C10H18ClN2O5PS3. The molecule has 22 heavy (non-hydrogen) atoms. The number of rotatable bonds is 7. The Morgan fingerprint density at radius 2 is 2.05 bits per heavy atom. The molecule has 0 amide bonds. The summed E-state index contributed by atoms with van der Waals surface area (Å²) in [6.07, 6.45) is 1.49. The Kier molecular flexibility index (Phi) is 6.51. The van der Waals surface area contributed by atoms with Crippen molar-refractivity contribution in [1.82, 2.24) is 9.78 Å². The summed E-state index contributed by atoms with van der Waals surface area (Å²) in [5.74, 6) is 0. The normalized spacial score (nSPS) is 15.8. The van der Waals surface area contributed by atoms with Crippen molar-refractivity contribution in [2.75, 3.05) is 6.26 Å². The largest absolute Gasteiger partial charge is 0.345 e. The quantitative estimate of drug-likeness (QED) is 0.415. The maximum absolute atomic E-state index is 12.1. The van der Waals surface area contributed by atoms with Crippen molar-refractivity contribution in [1.29, 1.82) is 0 Å². The van der Waals surface area contributed by atoms with Crippen molar-refractivity contribution in [3.05, 3.63) is 5.02 Å². The maximum Gasteiger partial charge on any atom is 0.345 e. The third-order valence-electron chi connectivity index (χ3n) is 3.14. The van der Waals surface area contributed by atoms with Gasteiger partial charge in [-0.1, -0.05) is 18.5 Å². The van der Waals surface area contributed by atoms with Crippen molar-refractivity contribution in [3.8, 4) is 0 Å². The van der Waals surface area contributed by atoms with E-state index in [1.54, 1.807) is 20.8 Å². The highest BCUT2D eigenvalue weighted by atomic mass is 35.5. The van der Waals surface area contributed by atoms with E-state index in [1.807, 2.05) is 0 Å². The Labute approximate surface area is 143 Å². The monoisotopic (exact) mass is 408 g/mol. The van der Waals surface area contributed by atoms with E-state index in [-0.39, 0.29) is 15.1 Å². The van der Waals surface area contributed by atoms with Gasteiger partial charge in [-0.15, -0.1) is 0 Å². The Morgan fingerprint density at radius 3 is 2.45 bits per heavy atom. The Balaban J connectivity index is 2.86. The van der Waals surface area contributed by atoms with Crippen molar-refractivity contribution >= 4 is 50.9 Å². The first-order chi connectivity index (χ1) is 9.83. The van der Waals surface area contributed by atoms with E-state index in [9.17, 15) is 17.9 Å². The van der Waals surface area contributed by atoms with Crippen LogP contribution in [0, 0.1) is 0 Å². The lowest BCUT2D eigenvalue weighted by atomic mass is 10.1. The molecule has 0 fully saturated rings. The predicted octanol–water partition coefficient (Wildman–Crippen LogP) is 3.52. The molecule has 7 nitrogen and oxygen atoms in total. The summed E-state index contributed by atoms with van der Waals surface area (Å²) >= 11 is 6.65. The highest BCUT2D eigenvalue weighted by Crippen LogP contribution is 2.61. The maximum atomic E-state index is 12.1. The lowest BCUT2D eigenvalue weighted by molar-refractivity contribution is 0.360. The highest BCUT2D eigenvalue weighted by molar-refractivity contribution is 8.75. The van der Waals surface area contributed by atoms with Gasteiger partial charge in [-0.2, -0.15) is 5.10 Å². The van der Waals surface area contributed by atoms with Gasteiger partial charge in [-0.05, 0) is 31.1 Å². The minimum atomic E-state index is -3.84. The van der Waals surface area contributed by atoms with Gasteiger partial charge in [0.05, 0.1) is 16.2 Å². The fourth-order valence-corrected chi connectivity index (χ4v) is 6.75. The fraction of sp³-hybridized carbons (Fsp3) is 0.700. The summed E-state index contributed by atoms with van der Waals surface area (Å²) < 4.78 is 41.5. The Morgan fingerprint density at radius 1 is 1.50 bits per heavy atom. The number of sulfone groups is 1. The predicted molar refractivity (Wildman–Crippen MR) is 90.1 cm³/mol. The second-order valence-corrected chi connectivity index (χ2v) is 12.0. The van der Waals surface area contributed by atoms with Crippen LogP contribution in [0.2, 0.25) is 5.02 Å². The molecular weight excluding hydrogens is 391 g/mol. The number of hydrogen-bond acceptors (Lipinski definition) is 7. The van der Waals surface area contributed by atoms with E-state index in [0.29, 0.717) is 17.5 Å². The van der Waals surface area contributed by atoms with Gasteiger partial charge in [-0.3, -0.25) is 9.25 Å². The molecule has 0 saturated heterocycles. The first-order valence-electron chi connectivity index (χ1n) is 6.12. The molecule has 1 aromatic rings. The van der Waals surface area contributed by atoms with Crippen LogP contribution in [0.1, 0.15) is 27.2 Å². The zero-order valence-corrected chi connectivity index (χ0v) is 16.8. The summed E-state index contributed by atoms with van der Waals surface area (Å²) in [5.41, 5.74) is 0. The lowest BCUT2D eigenvalue weighted by Gasteiger charge is -2.26. The molecule has 128 valence electrons. The van der Waals surface area contributed by atoms with Gasteiger partial charge >= 0.3 is 7.60 Å². The molecule has 1 N–H and O–H groups in total. The highest BCUT2D eigenvalue weighted by Gasteiger charge is 2.40. The topological polar surface area (TPSA) is 98.5 Å². The number of halogens is 1. The van der Waals surface area contributed by atoms with Gasteiger partial charge in [-0.25, -0.2) is 12.4 Å². The SMILES string of the molecule is CCC(C)(C)P(=O)(O)OSSc1nn(C)c(S(C)(=O)=O)c1Cl. The van der Waals surface area contributed by atoms with Crippen molar-refractivity contribution in [3.63, 3.8) is 0 Å².